The van der Waals surface area contributed by atoms with Crippen LogP contribution in [0.3, 0.4) is 0 Å². The second kappa shape index (κ2) is 7.84. The minimum absolute atomic E-state index is 0.210. The average Bonchev–Trinajstić information content (AvgIpc) is 2.51. The van der Waals surface area contributed by atoms with Gasteiger partial charge in [0.1, 0.15) is 12.4 Å². The molecule has 2 nitrogen and oxygen atoms in total. The molecule has 1 N–H and O–H groups in total. The molecule has 0 fully saturated rings. The van der Waals surface area contributed by atoms with Crippen LogP contribution in [0.5, 0.6) is 5.75 Å². The molecule has 1 atom stereocenters. The third-order valence-corrected chi connectivity index (χ3v) is 3.71. The fourth-order valence-corrected chi connectivity index (χ4v) is 2.37. The Labute approximate surface area is 128 Å². The molecule has 0 amide bonds. The highest BCUT2D eigenvalue weighted by molar-refractivity contribution is 5.28. The summed E-state index contributed by atoms with van der Waals surface area (Å²) in [6.07, 6.45) is 2.33. The molecule has 0 aromatic heterocycles. The van der Waals surface area contributed by atoms with Crippen molar-refractivity contribution in [1.82, 2.24) is 5.32 Å². The quantitative estimate of drug-likeness (QED) is 0.818. The normalized spacial score (nSPS) is 12.1. The summed E-state index contributed by atoms with van der Waals surface area (Å²) < 4.78 is 5.88. The molecule has 0 bridgehead atoms. The zero-order chi connectivity index (χ0) is 15.1. The molecular weight excluding hydrogens is 258 g/mol. The van der Waals surface area contributed by atoms with Gasteiger partial charge >= 0.3 is 0 Å². The molecule has 0 aliphatic carbocycles. The van der Waals surface area contributed by atoms with Crippen LogP contribution in [0.2, 0.25) is 0 Å². The number of nitrogens with one attached hydrogen (secondary N) is 1. The number of aryl methyl sites for hydroxylation is 2. The molecule has 0 radical (unpaired) electrons. The van der Waals surface area contributed by atoms with Gasteiger partial charge in [0, 0.05) is 0 Å². The van der Waals surface area contributed by atoms with Crippen molar-refractivity contribution in [1.29, 1.82) is 0 Å². The van der Waals surface area contributed by atoms with Crippen LogP contribution in [0.25, 0.3) is 0 Å². The molecular formula is C19H25NO. The summed E-state index contributed by atoms with van der Waals surface area (Å²) in [4.78, 5) is 0. The lowest BCUT2D eigenvalue weighted by molar-refractivity contribution is 0.273. The maximum Gasteiger partial charge on any atom is 0.119 e. The summed E-state index contributed by atoms with van der Waals surface area (Å²) in [5.74, 6) is 0.920. The molecule has 2 aromatic rings. The predicted molar refractivity (Wildman–Crippen MR) is 88.9 cm³/mol. The van der Waals surface area contributed by atoms with Gasteiger partial charge in [-0.25, -0.2) is 0 Å². The van der Waals surface area contributed by atoms with Crippen molar-refractivity contribution in [3.05, 3.63) is 65.2 Å². The zero-order valence-corrected chi connectivity index (χ0v) is 13.2. The lowest BCUT2D eigenvalue weighted by atomic mass is 10.0. The standard InChI is InChI=1S/C19H25NO/c1-4-5-16-8-10-17(11-9-16)19(20-3)14-21-18-12-6-15(2)7-13-18/h6-13,19-20H,4-5,14H2,1-3H3. The maximum absolute atomic E-state index is 5.88. The van der Waals surface area contributed by atoms with Crippen molar-refractivity contribution in [3.63, 3.8) is 0 Å². The largest absolute Gasteiger partial charge is 0.492 e. The van der Waals surface area contributed by atoms with Gasteiger partial charge in [-0.2, -0.15) is 0 Å². The lowest BCUT2D eigenvalue weighted by Gasteiger charge is -2.18. The van der Waals surface area contributed by atoms with E-state index in [9.17, 15) is 0 Å². The van der Waals surface area contributed by atoms with Gasteiger partial charge in [-0.15, -0.1) is 0 Å². The second-order valence-corrected chi connectivity index (χ2v) is 5.46. The number of benzene rings is 2. The summed E-state index contributed by atoms with van der Waals surface area (Å²) in [5.41, 5.74) is 3.92. The fraction of sp³-hybridized carbons (Fsp3) is 0.368. The molecule has 0 saturated heterocycles. The average molecular weight is 283 g/mol. The third kappa shape index (κ3) is 4.61. The molecule has 0 saturated carbocycles. The van der Waals surface area contributed by atoms with Crippen LogP contribution in [0.4, 0.5) is 0 Å². The van der Waals surface area contributed by atoms with Crippen molar-refractivity contribution < 1.29 is 4.74 Å². The lowest BCUT2D eigenvalue weighted by Crippen LogP contribution is -2.23. The molecule has 1 unspecified atom stereocenters. The summed E-state index contributed by atoms with van der Waals surface area (Å²) in [7, 11) is 1.98. The van der Waals surface area contributed by atoms with Crippen molar-refractivity contribution in [3.8, 4) is 5.75 Å². The molecule has 0 heterocycles. The van der Waals surface area contributed by atoms with E-state index >= 15 is 0 Å². The Hall–Kier alpha value is -1.80. The van der Waals surface area contributed by atoms with E-state index < -0.39 is 0 Å². The highest BCUT2D eigenvalue weighted by Crippen LogP contribution is 2.18. The van der Waals surface area contributed by atoms with Crippen LogP contribution in [-0.4, -0.2) is 13.7 Å². The van der Waals surface area contributed by atoms with Gasteiger partial charge in [0.05, 0.1) is 6.04 Å². The maximum atomic E-state index is 5.88. The minimum atomic E-state index is 0.210. The highest BCUT2D eigenvalue weighted by atomic mass is 16.5. The SMILES string of the molecule is CCCc1ccc(C(COc2ccc(C)cc2)NC)cc1. The van der Waals surface area contributed by atoms with Gasteiger partial charge in [0.2, 0.25) is 0 Å². The minimum Gasteiger partial charge on any atom is -0.492 e. The van der Waals surface area contributed by atoms with Gasteiger partial charge in [-0.05, 0) is 43.7 Å². The topological polar surface area (TPSA) is 21.3 Å². The van der Waals surface area contributed by atoms with Crippen molar-refractivity contribution in [2.75, 3.05) is 13.7 Å². The van der Waals surface area contributed by atoms with Crippen molar-refractivity contribution >= 4 is 0 Å². The molecule has 0 spiro atoms. The van der Waals surface area contributed by atoms with E-state index in [-0.39, 0.29) is 6.04 Å². The molecule has 0 aliphatic rings. The van der Waals surface area contributed by atoms with Crippen LogP contribution in [0, 0.1) is 6.92 Å². The Bertz CT molecular complexity index is 530. The molecule has 2 heteroatoms. The second-order valence-electron chi connectivity index (χ2n) is 5.46. The fourth-order valence-electron chi connectivity index (χ4n) is 2.37. The van der Waals surface area contributed by atoms with Gasteiger partial charge in [-0.3, -0.25) is 0 Å². The monoisotopic (exact) mass is 283 g/mol. The van der Waals surface area contributed by atoms with Crippen LogP contribution >= 0.6 is 0 Å². The Morgan fingerprint density at radius 3 is 2.24 bits per heavy atom. The number of hydrogen-bond acceptors (Lipinski definition) is 2. The smallest absolute Gasteiger partial charge is 0.119 e. The molecule has 112 valence electrons. The number of ether oxygens (including phenoxy) is 1. The van der Waals surface area contributed by atoms with Gasteiger partial charge in [0.15, 0.2) is 0 Å². The zero-order valence-electron chi connectivity index (χ0n) is 13.2. The highest BCUT2D eigenvalue weighted by Gasteiger charge is 2.10. The van der Waals surface area contributed by atoms with E-state index in [2.05, 4.69) is 55.6 Å². The van der Waals surface area contributed by atoms with Gasteiger partial charge in [-0.1, -0.05) is 55.3 Å². The van der Waals surface area contributed by atoms with Gasteiger partial charge < -0.3 is 10.1 Å². The summed E-state index contributed by atoms with van der Waals surface area (Å²) in [5, 5.41) is 3.33. The van der Waals surface area contributed by atoms with Gasteiger partial charge in [0.25, 0.3) is 0 Å². The van der Waals surface area contributed by atoms with Crippen LogP contribution in [-0.2, 0) is 6.42 Å². The number of hydrogen-bond donors (Lipinski definition) is 1. The molecule has 21 heavy (non-hydrogen) atoms. The Balaban J connectivity index is 1.97. The summed E-state index contributed by atoms with van der Waals surface area (Å²) in [6, 6.07) is 17.2. The number of likely N-dealkylation sites (N-methyl/N-ethyl adjacent to an activating group) is 1. The van der Waals surface area contributed by atoms with Crippen LogP contribution < -0.4 is 10.1 Å². The van der Waals surface area contributed by atoms with Crippen LogP contribution in [0.1, 0.15) is 36.1 Å². The van der Waals surface area contributed by atoms with Crippen LogP contribution in [0.15, 0.2) is 48.5 Å². The summed E-state index contributed by atoms with van der Waals surface area (Å²) >= 11 is 0. The summed E-state index contributed by atoms with van der Waals surface area (Å²) in [6.45, 7) is 4.92. The van der Waals surface area contributed by atoms with E-state index in [0.29, 0.717) is 6.61 Å². The first-order valence-corrected chi connectivity index (χ1v) is 7.68. The molecule has 2 aromatic carbocycles. The predicted octanol–water partition coefficient (Wildman–Crippen LogP) is 4.29. The van der Waals surface area contributed by atoms with Crippen molar-refractivity contribution in [2.24, 2.45) is 0 Å². The van der Waals surface area contributed by atoms with E-state index in [1.165, 1.54) is 23.1 Å². The Kier molecular flexibility index (Phi) is 5.82. The molecule has 0 aliphatic heterocycles. The van der Waals surface area contributed by atoms with E-state index in [1.54, 1.807) is 0 Å². The van der Waals surface area contributed by atoms with Crippen molar-refractivity contribution in [2.45, 2.75) is 32.7 Å². The first-order chi connectivity index (χ1) is 10.2. The first-order valence-electron chi connectivity index (χ1n) is 7.68. The molecule has 2 rings (SSSR count). The third-order valence-electron chi connectivity index (χ3n) is 3.71. The number of rotatable bonds is 7. The Morgan fingerprint density at radius 2 is 1.67 bits per heavy atom. The van der Waals surface area contributed by atoms with E-state index in [0.717, 1.165) is 12.2 Å². The van der Waals surface area contributed by atoms with E-state index in [4.69, 9.17) is 4.74 Å². The van der Waals surface area contributed by atoms with E-state index in [1.807, 2.05) is 19.2 Å². The first kappa shape index (κ1) is 15.6. The Morgan fingerprint density at radius 1 is 1.00 bits per heavy atom.